The summed E-state index contributed by atoms with van der Waals surface area (Å²) in [5, 5.41) is 16.6. The molecule has 0 aromatic carbocycles. The molecule has 1 aliphatic carbocycles. The van der Waals surface area contributed by atoms with Crippen LogP contribution >= 0.6 is 12.4 Å². The molecule has 8 heteroatoms. The zero-order valence-corrected chi connectivity index (χ0v) is 13.9. The number of nitrogens with one attached hydrogen (secondary N) is 1. The summed E-state index contributed by atoms with van der Waals surface area (Å²) < 4.78 is 1.87. The Hall–Kier alpha value is -1.65. The maximum absolute atomic E-state index is 12.2. The average Bonchev–Trinajstić information content (AvgIpc) is 3.26. The number of hydrogen-bond donors (Lipinski definition) is 1. The second-order valence-corrected chi connectivity index (χ2v) is 6.25. The number of amides is 1. The molecule has 3 atom stereocenters. The van der Waals surface area contributed by atoms with Crippen molar-refractivity contribution in [3.63, 3.8) is 0 Å². The van der Waals surface area contributed by atoms with E-state index in [0.717, 1.165) is 45.2 Å². The number of halogens is 1. The van der Waals surface area contributed by atoms with E-state index in [1.54, 1.807) is 17.6 Å². The fourth-order valence-corrected chi connectivity index (χ4v) is 3.55. The van der Waals surface area contributed by atoms with E-state index in [2.05, 4.69) is 21.5 Å². The molecule has 1 aromatic rings. The Morgan fingerprint density at radius 2 is 2.26 bits per heavy atom. The second kappa shape index (κ2) is 8.27. The first kappa shape index (κ1) is 17.7. The van der Waals surface area contributed by atoms with Crippen LogP contribution in [0.25, 0.3) is 0 Å². The highest BCUT2D eigenvalue weighted by molar-refractivity contribution is 5.85. The van der Waals surface area contributed by atoms with E-state index < -0.39 is 0 Å². The Morgan fingerprint density at radius 3 is 3.00 bits per heavy atom. The molecule has 7 nitrogen and oxygen atoms in total. The summed E-state index contributed by atoms with van der Waals surface area (Å²) in [4.78, 5) is 17.9. The SMILES string of the molecule is Cl.N#C[C@@H]1CCCN1C(=O)CN[C@@H]1CC[C@H](Cn2cncn2)C1. The van der Waals surface area contributed by atoms with Gasteiger partial charge >= 0.3 is 0 Å². The minimum absolute atomic E-state index is 0. The molecule has 1 N–H and O–H groups in total. The number of nitrogens with zero attached hydrogens (tertiary/aromatic N) is 5. The molecule has 0 radical (unpaired) electrons. The lowest BCUT2D eigenvalue weighted by atomic mass is 10.1. The van der Waals surface area contributed by atoms with Crippen molar-refractivity contribution in [2.75, 3.05) is 13.1 Å². The van der Waals surface area contributed by atoms with Crippen LogP contribution in [-0.2, 0) is 11.3 Å². The summed E-state index contributed by atoms with van der Waals surface area (Å²) in [5.74, 6) is 0.650. The molecule has 0 spiro atoms. The predicted octanol–water partition coefficient (Wildman–Crippen LogP) is 0.973. The van der Waals surface area contributed by atoms with Gasteiger partial charge in [0.1, 0.15) is 18.7 Å². The van der Waals surface area contributed by atoms with E-state index in [0.29, 0.717) is 18.5 Å². The third-order valence-electron chi connectivity index (χ3n) is 4.72. The zero-order valence-electron chi connectivity index (χ0n) is 13.1. The normalized spacial score (nSPS) is 26.7. The van der Waals surface area contributed by atoms with Crippen molar-refractivity contribution >= 4 is 18.3 Å². The molecule has 2 heterocycles. The summed E-state index contributed by atoms with van der Waals surface area (Å²) in [6, 6.07) is 2.38. The highest BCUT2D eigenvalue weighted by Crippen LogP contribution is 2.26. The minimum atomic E-state index is -0.224. The van der Waals surface area contributed by atoms with E-state index in [4.69, 9.17) is 5.26 Å². The lowest BCUT2D eigenvalue weighted by Gasteiger charge is -2.21. The van der Waals surface area contributed by atoms with Crippen LogP contribution in [0.5, 0.6) is 0 Å². The molecule has 1 saturated heterocycles. The average molecular weight is 339 g/mol. The monoisotopic (exact) mass is 338 g/mol. The maximum atomic E-state index is 12.2. The Bertz CT molecular complexity index is 543. The number of aromatic nitrogens is 3. The number of rotatable bonds is 5. The first-order valence-electron chi connectivity index (χ1n) is 8.01. The molecule has 0 bridgehead atoms. The Morgan fingerprint density at radius 1 is 1.39 bits per heavy atom. The van der Waals surface area contributed by atoms with Crippen LogP contribution in [0.2, 0.25) is 0 Å². The third kappa shape index (κ3) is 4.43. The third-order valence-corrected chi connectivity index (χ3v) is 4.72. The molecular weight excluding hydrogens is 316 g/mol. The molecule has 3 rings (SSSR count). The molecular formula is C15H23ClN6O. The molecule has 2 aliphatic rings. The minimum Gasteiger partial charge on any atom is -0.326 e. The second-order valence-electron chi connectivity index (χ2n) is 6.25. The number of carbonyl (C=O) groups excluding carboxylic acids is 1. The summed E-state index contributed by atoms with van der Waals surface area (Å²) >= 11 is 0. The fraction of sp³-hybridized carbons (Fsp3) is 0.733. The molecule has 23 heavy (non-hydrogen) atoms. The van der Waals surface area contributed by atoms with Gasteiger partial charge in [-0.05, 0) is 38.0 Å². The van der Waals surface area contributed by atoms with E-state index >= 15 is 0 Å². The Kier molecular flexibility index (Phi) is 6.37. The van der Waals surface area contributed by atoms with Crippen molar-refractivity contribution < 1.29 is 4.79 Å². The van der Waals surface area contributed by atoms with Gasteiger partial charge in [-0.15, -0.1) is 12.4 Å². The van der Waals surface area contributed by atoms with E-state index in [-0.39, 0.29) is 24.4 Å². The quantitative estimate of drug-likeness (QED) is 0.864. The smallest absolute Gasteiger partial charge is 0.237 e. The van der Waals surface area contributed by atoms with Gasteiger partial charge in [-0.1, -0.05) is 0 Å². The standard InChI is InChI=1S/C15H22N6O.ClH/c16-7-14-2-1-5-21(14)15(22)8-18-13-4-3-12(6-13)9-20-11-17-10-19-20;/h10-14,18H,1-6,8-9H2;1H/t12-,13+,14-;/m0./s1. The van der Waals surface area contributed by atoms with Crippen LogP contribution in [0.15, 0.2) is 12.7 Å². The van der Waals surface area contributed by atoms with Gasteiger partial charge in [-0.25, -0.2) is 4.98 Å². The van der Waals surface area contributed by atoms with Gasteiger partial charge in [-0.2, -0.15) is 10.4 Å². The molecule has 126 valence electrons. The van der Waals surface area contributed by atoms with Gasteiger partial charge in [0.05, 0.1) is 12.6 Å². The van der Waals surface area contributed by atoms with Crippen molar-refractivity contribution in [1.82, 2.24) is 25.0 Å². The van der Waals surface area contributed by atoms with Gasteiger partial charge in [0.25, 0.3) is 0 Å². The highest BCUT2D eigenvalue weighted by Gasteiger charge is 2.30. The summed E-state index contributed by atoms with van der Waals surface area (Å²) in [6.07, 6.45) is 8.36. The zero-order chi connectivity index (χ0) is 15.4. The van der Waals surface area contributed by atoms with Crippen molar-refractivity contribution in [3.8, 4) is 6.07 Å². The van der Waals surface area contributed by atoms with Crippen LogP contribution in [0.1, 0.15) is 32.1 Å². The van der Waals surface area contributed by atoms with Gasteiger partial charge in [0, 0.05) is 19.1 Å². The molecule has 1 aliphatic heterocycles. The fourth-order valence-electron chi connectivity index (χ4n) is 3.55. The largest absolute Gasteiger partial charge is 0.326 e. The van der Waals surface area contributed by atoms with Crippen LogP contribution < -0.4 is 5.32 Å². The topological polar surface area (TPSA) is 86.8 Å². The van der Waals surface area contributed by atoms with E-state index in [1.165, 1.54) is 0 Å². The summed E-state index contributed by atoms with van der Waals surface area (Å²) in [7, 11) is 0. The van der Waals surface area contributed by atoms with E-state index in [9.17, 15) is 4.79 Å². The molecule has 1 amide bonds. The lowest BCUT2D eigenvalue weighted by molar-refractivity contribution is -0.130. The number of likely N-dealkylation sites (tertiary alicyclic amines) is 1. The van der Waals surface area contributed by atoms with Gasteiger partial charge in [-0.3, -0.25) is 9.48 Å². The van der Waals surface area contributed by atoms with E-state index in [1.807, 2.05) is 4.68 Å². The first-order valence-corrected chi connectivity index (χ1v) is 8.01. The van der Waals surface area contributed by atoms with Crippen LogP contribution in [0, 0.1) is 17.2 Å². The Labute approximate surface area is 142 Å². The summed E-state index contributed by atoms with van der Waals surface area (Å²) in [6.45, 7) is 1.96. The molecule has 2 fully saturated rings. The molecule has 0 unspecified atom stereocenters. The van der Waals surface area contributed by atoms with Gasteiger partial charge in [0.15, 0.2) is 0 Å². The first-order chi connectivity index (χ1) is 10.8. The Balaban J connectivity index is 0.00000192. The molecule has 1 aromatic heterocycles. The number of nitriles is 1. The van der Waals surface area contributed by atoms with Gasteiger partial charge < -0.3 is 10.2 Å². The van der Waals surface area contributed by atoms with Crippen molar-refractivity contribution in [2.45, 2.75) is 50.7 Å². The highest BCUT2D eigenvalue weighted by atomic mass is 35.5. The lowest BCUT2D eigenvalue weighted by Crippen LogP contribution is -2.42. The van der Waals surface area contributed by atoms with Crippen LogP contribution in [0.4, 0.5) is 0 Å². The number of carbonyl (C=O) groups is 1. The van der Waals surface area contributed by atoms with Gasteiger partial charge in [0.2, 0.25) is 5.91 Å². The van der Waals surface area contributed by atoms with Crippen molar-refractivity contribution in [1.29, 1.82) is 5.26 Å². The van der Waals surface area contributed by atoms with Crippen molar-refractivity contribution in [2.24, 2.45) is 5.92 Å². The maximum Gasteiger partial charge on any atom is 0.237 e. The summed E-state index contributed by atoms with van der Waals surface area (Å²) in [5.41, 5.74) is 0. The van der Waals surface area contributed by atoms with Crippen molar-refractivity contribution in [3.05, 3.63) is 12.7 Å². The molecule has 1 saturated carbocycles. The van der Waals surface area contributed by atoms with Crippen LogP contribution in [-0.4, -0.2) is 50.7 Å². The van der Waals surface area contributed by atoms with Crippen LogP contribution in [0.3, 0.4) is 0 Å². The predicted molar refractivity (Wildman–Crippen MR) is 86.7 cm³/mol. The number of hydrogen-bond acceptors (Lipinski definition) is 5.